The van der Waals surface area contributed by atoms with E-state index in [9.17, 15) is 0 Å². The predicted molar refractivity (Wildman–Crippen MR) is 454 cm³/mol. The SMILES string of the molecule is C1=CC2Oc3ccc(-c4ccc5c(c4)C4C=C(CCCc6ccc(-c7cc(-c8ccc(CCCc9ccc%10oc%11ccc(-c%12ccc%13oc%14c(c%13c%12)C=CCC%14)cc%11c%10c9)cc8)cc(-c8ccc(CCCc9ccc%10oc%11ccc(-c%12ccc%13oc%14ccccc%14c%13c%12)cc%11c%10c9)cc8)c7)cc6)C=CC4O5)cc3C2C=C1. The third-order valence-electron chi connectivity index (χ3n) is 24.3. The summed E-state index contributed by atoms with van der Waals surface area (Å²) in [5.74, 6) is 3.52. The maximum Gasteiger partial charge on any atom is 0.135 e. The van der Waals surface area contributed by atoms with Gasteiger partial charge in [-0.1, -0.05) is 188 Å². The molecule has 2 aliphatic heterocycles. The summed E-state index contributed by atoms with van der Waals surface area (Å²) in [5.41, 5.74) is 32.6. The van der Waals surface area contributed by atoms with Gasteiger partial charge in [0.1, 0.15) is 68.5 Å². The highest BCUT2D eigenvalue weighted by Crippen LogP contribution is 2.48. The molecule has 0 bridgehead atoms. The van der Waals surface area contributed by atoms with E-state index in [1.165, 1.54) is 116 Å². The molecule has 0 spiro atoms. The molecule has 17 aromatic rings. The number of hydrogen-bond acceptors (Lipinski definition) is 6. The molecule has 6 heterocycles. The Bertz CT molecular complexity index is 6750. The number of ether oxygens (including phenoxy) is 2. The van der Waals surface area contributed by atoms with Crippen molar-refractivity contribution < 1.29 is 27.1 Å². The van der Waals surface area contributed by atoms with Gasteiger partial charge in [0.05, 0.1) is 0 Å². The van der Waals surface area contributed by atoms with E-state index >= 15 is 0 Å². The highest BCUT2D eigenvalue weighted by molar-refractivity contribution is 6.10. The molecule has 5 aliphatic rings. The lowest BCUT2D eigenvalue weighted by atomic mass is 9.86. The van der Waals surface area contributed by atoms with Crippen LogP contribution < -0.4 is 9.47 Å². The van der Waals surface area contributed by atoms with Gasteiger partial charge in [-0.3, -0.25) is 0 Å². The minimum Gasteiger partial charge on any atom is -0.485 e. The topological polar surface area (TPSA) is 71.0 Å². The van der Waals surface area contributed by atoms with Crippen molar-refractivity contribution in [3.05, 3.63) is 365 Å². The van der Waals surface area contributed by atoms with E-state index < -0.39 is 0 Å². The third kappa shape index (κ3) is 12.1. The maximum absolute atomic E-state index is 6.54. The van der Waals surface area contributed by atoms with Crippen molar-refractivity contribution in [2.45, 2.75) is 94.7 Å². The molecule has 6 heteroatoms. The number of furan rings is 4. The number of allylic oxidation sites excluding steroid dienone is 5. The molecular weight excluding hydrogens is 1360 g/mol. The second-order valence-corrected chi connectivity index (χ2v) is 31.2. The number of fused-ring (bicyclic) bond motifs is 18. The fourth-order valence-corrected chi connectivity index (χ4v) is 18.3. The quantitative estimate of drug-likeness (QED) is 0.0852. The average molecular weight is 1440 g/mol. The lowest BCUT2D eigenvalue weighted by Gasteiger charge is -2.18. The summed E-state index contributed by atoms with van der Waals surface area (Å²) in [6.07, 6.45) is 31.3. The Balaban J connectivity index is 0.493. The zero-order valence-corrected chi connectivity index (χ0v) is 61.6. The molecule has 0 fully saturated rings. The summed E-state index contributed by atoms with van der Waals surface area (Å²) < 4.78 is 38.1. The van der Waals surface area contributed by atoms with E-state index in [0.29, 0.717) is 0 Å². The number of rotatable bonds is 18. The highest BCUT2D eigenvalue weighted by Gasteiger charge is 2.35. The van der Waals surface area contributed by atoms with E-state index in [-0.39, 0.29) is 24.0 Å². The normalized spacial score (nSPS) is 16.6. The molecule has 13 aromatic carbocycles. The molecule has 3 aliphatic carbocycles. The number of benzene rings is 13. The first-order valence-electron chi connectivity index (χ1n) is 39.7. The van der Waals surface area contributed by atoms with Gasteiger partial charge >= 0.3 is 0 Å². The molecule has 0 amide bonds. The van der Waals surface area contributed by atoms with E-state index in [1.54, 1.807) is 0 Å². The van der Waals surface area contributed by atoms with Crippen LogP contribution in [0.5, 0.6) is 11.5 Å². The second kappa shape index (κ2) is 27.0. The predicted octanol–water partition coefficient (Wildman–Crippen LogP) is 27.8. The molecule has 0 saturated heterocycles. The minimum atomic E-state index is 0.0199. The Morgan fingerprint density at radius 3 is 1.22 bits per heavy atom. The summed E-state index contributed by atoms with van der Waals surface area (Å²) in [5, 5.41) is 8.06. The van der Waals surface area contributed by atoms with Crippen LogP contribution in [0.1, 0.15) is 94.2 Å². The van der Waals surface area contributed by atoms with Gasteiger partial charge in [0, 0.05) is 72.7 Å². The van der Waals surface area contributed by atoms with Gasteiger partial charge < -0.3 is 27.1 Å². The van der Waals surface area contributed by atoms with Crippen molar-refractivity contribution in [3.8, 4) is 78.3 Å². The Morgan fingerprint density at radius 1 is 0.279 bits per heavy atom. The molecule has 0 radical (unpaired) electrons. The average Bonchev–Trinajstić information content (AvgIpc) is 1.60. The molecule has 6 nitrogen and oxygen atoms in total. The number of aryl methyl sites for hydroxylation is 6. The van der Waals surface area contributed by atoms with Crippen LogP contribution in [0, 0.1) is 0 Å². The van der Waals surface area contributed by atoms with E-state index in [4.69, 9.17) is 27.1 Å². The van der Waals surface area contributed by atoms with Crippen molar-refractivity contribution in [1.82, 2.24) is 0 Å². The molecule has 4 atom stereocenters. The van der Waals surface area contributed by atoms with Crippen LogP contribution in [-0.2, 0) is 38.5 Å². The van der Waals surface area contributed by atoms with Crippen LogP contribution in [0.15, 0.2) is 333 Å². The first-order chi connectivity index (χ1) is 54.8. The fraction of sp³-hybridized carbons (Fsp3) is 0.143. The standard InChI is InChI=1S/C105H78O6/c1-4-19-94-82(16-1)88-58-73(37-46-100(88)106-94)76-40-49-103-91(61-76)85-52-67(28-43-97(85)109-103)13-7-10-64-22-31-70(32-23-64)79-55-80(71-33-24-65(25-34-71)11-8-14-68-29-44-98-86(53-68)92-62-77(41-50-104(92)110-98)74-38-47-101-89(59-74)83-17-2-5-20-95(83)107-101)57-81(56-79)72-35-26-66(27-36-72)12-9-15-69-30-45-99-87(54-69)93-63-78(42-51-105(93)111-99)75-39-48-102-90(60-75)84-18-3-6-21-96(84)108-102/h1-5,16-20,22-63,82,85,94,97H,6-15,21H2. The van der Waals surface area contributed by atoms with Crippen LogP contribution in [0.2, 0.25) is 0 Å². The van der Waals surface area contributed by atoms with Gasteiger partial charge in [0.2, 0.25) is 0 Å². The molecule has 0 N–H and O–H groups in total. The number of hydrogen-bond donors (Lipinski definition) is 0. The monoisotopic (exact) mass is 1430 g/mol. The molecule has 4 aromatic heterocycles. The van der Waals surface area contributed by atoms with Gasteiger partial charge in [-0.2, -0.15) is 0 Å². The van der Waals surface area contributed by atoms with E-state index in [0.717, 1.165) is 165 Å². The smallest absolute Gasteiger partial charge is 0.135 e. The highest BCUT2D eigenvalue weighted by atomic mass is 16.5. The van der Waals surface area contributed by atoms with Gasteiger partial charge in [-0.05, 0) is 292 Å². The Kier molecular flexibility index (Phi) is 15.9. The van der Waals surface area contributed by atoms with Gasteiger partial charge in [-0.25, -0.2) is 0 Å². The minimum absolute atomic E-state index is 0.0199. The first kappa shape index (κ1) is 65.2. The summed E-state index contributed by atoms with van der Waals surface area (Å²) in [4.78, 5) is 0. The van der Waals surface area contributed by atoms with Crippen molar-refractivity contribution in [2.75, 3.05) is 0 Å². The molecular formula is C105H78O6. The molecule has 0 saturated carbocycles. The van der Waals surface area contributed by atoms with Crippen molar-refractivity contribution >= 4 is 82.9 Å². The summed E-state index contributed by atoms with van der Waals surface area (Å²) in [6, 6.07) is 96.6. The summed E-state index contributed by atoms with van der Waals surface area (Å²) in [6.45, 7) is 0. The summed E-state index contributed by atoms with van der Waals surface area (Å²) in [7, 11) is 0. The second-order valence-electron chi connectivity index (χ2n) is 31.2. The number of para-hydroxylation sites is 1. The summed E-state index contributed by atoms with van der Waals surface area (Å²) >= 11 is 0. The molecule has 22 rings (SSSR count). The fourth-order valence-electron chi connectivity index (χ4n) is 18.3. The van der Waals surface area contributed by atoms with E-state index in [2.05, 4.69) is 303 Å². The maximum atomic E-state index is 6.54. The lowest BCUT2D eigenvalue weighted by molar-refractivity contribution is 0.268. The molecule has 111 heavy (non-hydrogen) atoms. The zero-order chi connectivity index (χ0) is 73.0. The van der Waals surface area contributed by atoms with Gasteiger partial charge in [-0.15, -0.1) is 0 Å². The van der Waals surface area contributed by atoms with Crippen molar-refractivity contribution in [3.63, 3.8) is 0 Å². The van der Waals surface area contributed by atoms with Crippen molar-refractivity contribution in [1.29, 1.82) is 0 Å². The van der Waals surface area contributed by atoms with Crippen molar-refractivity contribution in [2.24, 2.45) is 0 Å². The largest absolute Gasteiger partial charge is 0.485 e. The molecule has 534 valence electrons. The van der Waals surface area contributed by atoms with Crippen LogP contribution >= 0.6 is 0 Å². The Labute approximate surface area is 644 Å². The van der Waals surface area contributed by atoms with Crippen LogP contribution in [0.3, 0.4) is 0 Å². The van der Waals surface area contributed by atoms with Crippen LogP contribution in [0.25, 0.3) is 150 Å². The van der Waals surface area contributed by atoms with Crippen LogP contribution in [-0.4, -0.2) is 12.2 Å². The molecule has 4 unspecified atom stereocenters. The zero-order valence-electron chi connectivity index (χ0n) is 61.6. The first-order valence-corrected chi connectivity index (χ1v) is 39.7. The van der Waals surface area contributed by atoms with Gasteiger partial charge in [0.25, 0.3) is 0 Å². The van der Waals surface area contributed by atoms with Crippen LogP contribution in [0.4, 0.5) is 0 Å². The third-order valence-corrected chi connectivity index (χ3v) is 24.3. The van der Waals surface area contributed by atoms with Gasteiger partial charge in [0.15, 0.2) is 0 Å². The Morgan fingerprint density at radius 2 is 0.676 bits per heavy atom. The van der Waals surface area contributed by atoms with E-state index in [1.807, 2.05) is 12.1 Å². The lowest BCUT2D eigenvalue weighted by Crippen LogP contribution is -2.17. The Hall–Kier alpha value is -12.9.